The van der Waals surface area contributed by atoms with Crippen LogP contribution in [0.15, 0.2) is 97.2 Å². The Hall–Kier alpha value is -2.89. The molecule has 6 unspecified atom stereocenters. The van der Waals surface area contributed by atoms with Crippen molar-refractivity contribution in [3.8, 4) is 0 Å². The van der Waals surface area contributed by atoms with Crippen molar-refractivity contribution in [1.82, 2.24) is 0 Å². The Bertz CT molecular complexity index is 1230. The van der Waals surface area contributed by atoms with E-state index in [1.165, 1.54) is 32.1 Å². The van der Waals surface area contributed by atoms with Crippen LogP contribution in [0.5, 0.6) is 0 Å². The summed E-state index contributed by atoms with van der Waals surface area (Å²) in [6.07, 6.45) is 50.1. The quantitative estimate of drug-likeness (QED) is 0.0272. The van der Waals surface area contributed by atoms with E-state index >= 15 is 0 Å². The highest BCUT2D eigenvalue weighted by atomic mass is 16.7. The van der Waals surface area contributed by atoms with Crippen molar-refractivity contribution < 1.29 is 44.2 Å². The zero-order valence-electron chi connectivity index (χ0n) is 37.4. The molecule has 4 N–H and O–H groups in total. The molecule has 6 atom stereocenters. The second-order valence-electron chi connectivity index (χ2n) is 15.4. The lowest BCUT2D eigenvalue weighted by Crippen LogP contribution is -2.59. The van der Waals surface area contributed by atoms with Gasteiger partial charge >= 0.3 is 5.97 Å². The molecule has 342 valence electrons. The molecule has 1 saturated heterocycles. The summed E-state index contributed by atoms with van der Waals surface area (Å²) in [7, 11) is 0. The van der Waals surface area contributed by atoms with E-state index in [0.717, 1.165) is 96.3 Å². The molecule has 0 aromatic heterocycles. The lowest BCUT2D eigenvalue weighted by atomic mass is 9.99. The van der Waals surface area contributed by atoms with E-state index in [1.807, 2.05) is 0 Å². The summed E-state index contributed by atoms with van der Waals surface area (Å²) in [6.45, 7) is 4.25. The van der Waals surface area contributed by atoms with Crippen molar-refractivity contribution in [1.29, 1.82) is 0 Å². The molecule has 1 aliphatic heterocycles. The smallest absolute Gasteiger partial charge is 0.306 e. The number of aliphatic hydroxyl groups excluding tert-OH is 4. The first-order valence-electron chi connectivity index (χ1n) is 23.3. The molecule has 60 heavy (non-hydrogen) atoms. The monoisotopic (exact) mass is 841 g/mol. The van der Waals surface area contributed by atoms with Crippen LogP contribution in [0, 0.1) is 0 Å². The van der Waals surface area contributed by atoms with Crippen LogP contribution >= 0.6 is 0 Å². The topological polar surface area (TPSA) is 135 Å². The van der Waals surface area contributed by atoms with E-state index in [2.05, 4.69) is 111 Å². The summed E-state index contributed by atoms with van der Waals surface area (Å²) in [4.78, 5) is 12.8. The van der Waals surface area contributed by atoms with Gasteiger partial charge in [-0.05, 0) is 89.9 Å². The first-order valence-corrected chi connectivity index (χ1v) is 23.3. The molecule has 0 amide bonds. The minimum atomic E-state index is -1.55. The zero-order valence-corrected chi connectivity index (χ0v) is 37.4. The van der Waals surface area contributed by atoms with Crippen LogP contribution in [0.2, 0.25) is 0 Å². The standard InChI is InChI=1S/C51H84O9/c1-3-5-7-9-11-13-15-17-18-19-20-21-22-23-24-25-26-27-29-31-33-35-37-39-41-57-43-45(44-58-51-50(56)49(55)48(54)46(42-52)60-51)59-47(53)40-38-36-34-32-30-28-16-14-12-10-8-6-4-2/h5-8,11-14,17-18,20-21,23-24,28,30,45-46,48-52,54-56H,3-4,9-10,15-16,19,22,25-27,29,31-44H2,1-2H3/b7-5-,8-6-,13-11-,14-12-,18-17-,21-20-,24-23-,30-28-. The molecule has 0 aromatic rings. The van der Waals surface area contributed by atoms with Crippen molar-refractivity contribution in [2.45, 2.75) is 192 Å². The van der Waals surface area contributed by atoms with Crippen LogP contribution in [0.3, 0.4) is 0 Å². The molecule has 1 heterocycles. The van der Waals surface area contributed by atoms with Crippen molar-refractivity contribution in [2.75, 3.05) is 26.4 Å². The average Bonchev–Trinajstić information content (AvgIpc) is 3.25. The molecular formula is C51H84O9. The zero-order chi connectivity index (χ0) is 43.6. The molecule has 0 aliphatic carbocycles. The number of carbonyl (C=O) groups is 1. The van der Waals surface area contributed by atoms with Gasteiger partial charge in [0, 0.05) is 13.0 Å². The fourth-order valence-corrected chi connectivity index (χ4v) is 6.41. The highest BCUT2D eigenvalue weighted by Gasteiger charge is 2.44. The lowest BCUT2D eigenvalue weighted by molar-refractivity contribution is -0.305. The van der Waals surface area contributed by atoms with E-state index in [4.69, 9.17) is 18.9 Å². The minimum Gasteiger partial charge on any atom is -0.457 e. The first kappa shape index (κ1) is 55.1. The molecule has 0 aromatic carbocycles. The molecule has 1 fully saturated rings. The van der Waals surface area contributed by atoms with Crippen LogP contribution in [0.4, 0.5) is 0 Å². The SMILES string of the molecule is CC/C=C\C/C=C\C/C=C\C/C=C\C/C=C\CCCCCCCCCCOCC(COC1OC(CO)C(O)C(O)C1O)OC(=O)CCCCC/C=C\C/C=C\C/C=C\CC. The molecule has 0 radical (unpaired) electrons. The number of hydrogen-bond donors (Lipinski definition) is 4. The molecule has 1 aliphatic rings. The van der Waals surface area contributed by atoms with E-state index in [-0.39, 0.29) is 25.6 Å². The summed E-state index contributed by atoms with van der Waals surface area (Å²) in [5.41, 5.74) is 0. The molecule has 9 heteroatoms. The summed E-state index contributed by atoms with van der Waals surface area (Å²) >= 11 is 0. The molecule has 0 spiro atoms. The number of esters is 1. The Morgan fingerprint density at radius 3 is 1.45 bits per heavy atom. The van der Waals surface area contributed by atoms with Crippen molar-refractivity contribution >= 4 is 5.97 Å². The van der Waals surface area contributed by atoms with Crippen LogP contribution in [-0.4, -0.2) is 89.6 Å². The molecule has 0 bridgehead atoms. The highest BCUT2D eigenvalue weighted by Crippen LogP contribution is 2.22. The van der Waals surface area contributed by atoms with E-state index < -0.39 is 43.4 Å². The molecule has 0 saturated carbocycles. The van der Waals surface area contributed by atoms with Crippen molar-refractivity contribution in [3.05, 3.63) is 97.2 Å². The van der Waals surface area contributed by atoms with Crippen LogP contribution in [0.25, 0.3) is 0 Å². The summed E-state index contributed by atoms with van der Waals surface area (Å²) in [5.74, 6) is -0.350. The van der Waals surface area contributed by atoms with Crippen molar-refractivity contribution in [2.24, 2.45) is 0 Å². The lowest BCUT2D eigenvalue weighted by Gasteiger charge is -2.39. The van der Waals surface area contributed by atoms with Gasteiger partial charge in [0.25, 0.3) is 0 Å². The normalized spacial score (nSPS) is 20.9. The van der Waals surface area contributed by atoms with Gasteiger partial charge in [0.15, 0.2) is 6.29 Å². The Labute approximate surface area is 364 Å². The van der Waals surface area contributed by atoms with Crippen LogP contribution in [0.1, 0.15) is 155 Å². The highest BCUT2D eigenvalue weighted by molar-refractivity contribution is 5.69. The summed E-state index contributed by atoms with van der Waals surface area (Å²) < 4.78 is 22.8. The van der Waals surface area contributed by atoms with Gasteiger partial charge < -0.3 is 39.4 Å². The number of unbranched alkanes of at least 4 members (excludes halogenated alkanes) is 11. The molecule has 1 rings (SSSR count). The summed E-state index contributed by atoms with van der Waals surface area (Å²) in [6, 6.07) is 0. The first-order chi connectivity index (χ1) is 29.4. The molecular weight excluding hydrogens is 757 g/mol. The maximum atomic E-state index is 12.8. The Kier molecular flexibility index (Phi) is 38.1. The van der Waals surface area contributed by atoms with Crippen molar-refractivity contribution in [3.63, 3.8) is 0 Å². The van der Waals surface area contributed by atoms with E-state index in [0.29, 0.717) is 13.0 Å². The van der Waals surface area contributed by atoms with E-state index in [1.54, 1.807) is 0 Å². The van der Waals surface area contributed by atoms with Gasteiger partial charge in [-0.25, -0.2) is 0 Å². The van der Waals surface area contributed by atoms with Gasteiger partial charge in [0.2, 0.25) is 0 Å². The second kappa shape index (κ2) is 41.5. The fourth-order valence-electron chi connectivity index (χ4n) is 6.41. The third-order valence-corrected chi connectivity index (χ3v) is 10.00. The van der Waals surface area contributed by atoms with Crippen LogP contribution < -0.4 is 0 Å². The Morgan fingerprint density at radius 1 is 0.533 bits per heavy atom. The number of hydrogen-bond acceptors (Lipinski definition) is 9. The van der Waals surface area contributed by atoms with Crippen LogP contribution in [-0.2, 0) is 23.7 Å². The van der Waals surface area contributed by atoms with Gasteiger partial charge in [0.05, 0.1) is 19.8 Å². The third-order valence-electron chi connectivity index (χ3n) is 10.00. The summed E-state index contributed by atoms with van der Waals surface area (Å²) in [5, 5.41) is 40.1. The maximum absolute atomic E-state index is 12.8. The van der Waals surface area contributed by atoms with Gasteiger partial charge in [-0.3, -0.25) is 4.79 Å². The number of carbonyl (C=O) groups excluding carboxylic acids is 1. The number of aliphatic hydroxyl groups is 4. The second-order valence-corrected chi connectivity index (χ2v) is 15.4. The van der Waals surface area contributed by atoms with Gasteiger partial charge in [0.1, 0.15) is 30.5 Å². The minimum absolute atomic E-state index is 0.120. The Balaban J connectivity index is 2.24. The predicted molar refractivity (Wildman–Crippen MR) is 246 cm³/mol. The molecule has 9 nitrogen and oxygen atoms in total. The third kappa shape index (κ3) is 31.9. The van der Waals surface area contributed by atoms with E-state index in [9.17, 15) is 25.2 Å². The van der Waals surface area contributed by atoms with Gasteiger partial charge in [-0.15, -0.1) is 0 Å². The van der Waals surface area contributed by atoms with Gasteiger partial charge in [-0.2, -0.15) is 0 Å². The predicted octanol–water partition coefficient (Wildman–Crippen LogP) is 10.8. The number of ether oxygens (including phenoxy) is 4. The fraction of sp³-hybridized carbons (Fsp3) is 0.667. The Morgan fingerprint density at radius 2 is 0.967 bits per heavy atom. The largest absolute Gasteiger partial charge is 0.457 e. The number of rotatable bonds is 38. The van der Waals surface area contributed by atoms with Gasteiger partial charge in [-0.1, -0.05) is 156 Å². The average molecular weight is 841 g/mol. The maximum Gasteiger partial charge on any atom is 0.306 e. The number of allylic oxidation sites excluding steroid dienone is 16.